The molecule has 150 valence electrons. The molecule has 2 heterocycles. The molecule has 2 atom stereocenters. The molecule has 1 saturated carbocycles. The van der Waals surface area contributed by atoms with Gasteiger partial charge in [-0.1, -0.05) is 6.92 Å². The number of hydrogen-bond donors (Lipinski definition) is 3. The third kappa shape index (κ3) is 4.88. The quantitative estimate of drug-likeness (QED) is 0.706. The van der Waals surface area contributed by atoms with Gasteiger partial charge in [0.05, 0.1) is 17.9 Å². The molecule has 8 heteroatoms. The van der Waals surface area contributed by atoms with Crippen molar-refractivity contribution in [3.63, 3.8) is 0 Å². The highest BCUT2D eigenvalue weighted by atomic mass is 16.5. The van der Waals surface area contributed by atoms with E-state index in [1.807, 2.05) is 32.9 Å². The fourth-order valence-electron chi connectivity index (χ4n) is 3.52. The molecule has 1 aliphatic rings. The SMILES string of the molecule is CCCOC(=O)N[C@@H]1CC[C@H](c2cc(NC(=O)c3ccc(C)nc3C)n[nH]2)C1. The van der Waals surface area contributed by atoms with E-state index in [-0.39, 0.29) is 24.0 Å². The molecule has 8 nitrogen and oxygen atoms in total. The predicted molar refractivity (Wildman–Crippen MR) is 105 cm³/mol. The van der Waals surface area contributed by atoms with Crippen LogP contribution in [-0.2, 0) is 4.74 Å². The minimum Gasteiger partial charge on any atom is -0.450 e. The molecule has 2 aromatic heterocycles. The summed E-state index contributed by atoms with van der Waals surface area (Å²) in [6.07, 6.45) is 3.10. The van der Waals surface area contributed by atoms with Crippen LogP contribution in [0.15, 0.2) is 18.2 Å². The average molecular weight is 385 g/mol. The topological polar surface area (TPSA) is 109 Å². The van der Waals surface area contributed by atoms with Crippen molar-refractivity contribution in [2.24, 2.45) is 0 Å². The standard InChI is InChI=1S/C20H27N5O3/c1-4-9-28-20(27)22-15-7-6-14(10-15)17-11-18(25-24-17)23-19(26)16-8-5-12(2)21-13(16)3/h5,8,11,14-15H,4,6-7,9-10H2,1-3H3,(H,22,27)(H2,23,24,25,26)/t14-,15+/m0/s1. The maximum Gasteiger partial charge on any atom is 0.407 e. The highest BCUT2D eigenvalue weighted by Gasteiger charge is 2.28. The number of H-pyrrole nitrogens is 1. The summed E-state index contributed by atoms with van der Waals surface area (Å²) >= 11 is 0. The van der Waals surface area contributed by atoms with Crippen LogP contribution in [0.2, 0.25) is 0 Å². The number of nitrogens with zero attached hydrogens (tertiary/aromatic N) is 2. The summed E-state index contributed by atoms with van der Waals surface area (Å²) < 4.78 is 5.08. The van der Waals surface area contributed by atoms with Crippen molar-refractivity contribution in [3.8, 4) is 0 Å². The van der Waals surface area contributed by atoms with Crippen molar-refractivity contribution in [1.82, 2.24) is 20.5 Å². The molecule has 2 aromatic rings. The van der Waals surface area contributed by atoms with E-state index in [0.29, 0.717) is 23.7 Å². The number of aryl methyl sites for hydroxylation is 2. The summed E-state index contributed by atoms with van der Waals surface area (Å²) in [5, 5.41) is 13.0. The lowest BCUT2D eigenvalue weighted by Crippen LogP contribution is -2.33. The Bertz CT molecular complexity index is 848. The van der Waals surface area contributed by atoms with Gasteiger partial charge in [0.2, 0.25) is 0 Å². The largest absolute Gasteiger partial charge is 0.450 e. The Hall–Kier alpha value is -2.90. The Labute approximate surface area is 164 Å². The number of hydrogen-bond acceptors (Lipinski definition) is 5. The van der Waals surface area contributed by atoms with Crippen LogP contribution in [0.25, 0.3) is 0 Å². The normalized spacial score (nSPS) is 18.7. The van der Waals surface area contributed by atoms with Crippen LogP contribution in [0.1, 0.15) is 66.0 Å². The van der Waals surface area contributed by atoms with Crippen LogP contribution < -0.4 is 10.6 Å². The zero-order valence-corrected chi connectivity index (χ0v) is 16.5. The molecule has 3 N–H and O–H groups in total. The number of anilines is 1. The molecule has 0 unspecified atom stereocenters. The number of nitrogens with one attached hydrogen (secondary N) is 3. The molecule has 0 saturated heterocycles. The molecule has 3 rings (SSSR count). The van der Waals surface area contributed by atoms with Crippen LogP contribution in [0.3, 0.4) is 0 Å². The molecule has 2 amide bonds. The summed E-state index contributed by atoms with van der Waals surface area (Å²) in [7, 11) is 0. The third-order valence-electron chi connectivity index (χ3n) is 4.94. The van der Waals surface area contributed by atoms with Crippen molar-refractivity contribution < 1.29 is 14.3 Å². The number of amides is 2. The van der Waals surface area contributed by atoms with E-state index in [0.717, 1.165) is 37.1 Å². The lowest BCUT2D eigenvalue weighted by atomic mass is 10.0. The van der Waals surface area contributed by atoms with Gasteiger partial charge in [0.1, 0.15) is 0 Å². The summed E-state index contributed by atoms with van der Waals surface area (Å²) in [6.45, 7) is 6.10. The maximum atomic E-state index is 12.5. The highest BCUT2D eigenvalue weighted by Crippen LogP contribution is 2.34. The lowest BCUT2D eigenvalue weighted by molar-refractivity contribution is 0.102. The lowest BCUT2D eigenvalue weighted by Gasteiger charge is -2.12. The third-order valence-corrected chi connectivity index (χ3v) is 4.94. The van der Waals surface area contributed by atoms with Crippen LogP contribution >= 0.6 is 0 Å². The molecule has 28 heavy (non-hydrogen) atoms. The molecule has 0 radical (unpaired) electrons. The van der Waals surface area contributed by atoms with E-state index in [9.17, 15) is 9.59 Å². The van der Waals surface area contributed by atoms with Crippen molar-refractivity contribution in [2.45, 2.75) is 58.4 Å². The number of aromatic nitrogens is 3. The first-order valence-corrected chi connectivity index (χ1v) is 9.70. The number of alkyl carbamates (subject to hydrolysis) is 1. The van der Waals surface area contributed by atoms with Crippen molar-refractivity contribution in [2.75, 3.05) is 11.9 Å². The first-order valence-electron chi connectivity index (χ1n) is 9.70. The maximum absolute atomic E-state index is 12.5. The minimum atomic E-state index is -0.354. The number of aromatic amines is 1. The Balaban J connectivity index is 1.55. The molecular weight excluding hydrogens is 358 g/mol. The fourth-order valence-corrected chi connectivity index (χ4v) is 3.52. The van der Waals surface area contributed by atoms with Gasteiger partial charge in [-0.25, -0.2) is 4.79 Å². The molecular formula is C20H27N5O3. The minimum absolute atomic E-state index is 0.0944. The molecule has 1 aliphatic carbocycles. The molecule has 0 spiro atoms. The monoisotopic (exact) mass is 385 g/mol. The van der Waals surface area contributed by atoms with Gasteiger partial charge in [-0.15, -0.1) is 0 Å². The predicted octanol–water partition coefficient (Wildman–Crippen LogP) is 3.45. The van der Waals surface area contributed by atoms with Gasteiger partial charge in [-0.2, -0.15) is 5.10 Å². The van der Waals surface area contributed by atoms with E-state index >= 15 is 0 Å². The van der Waals surface area contributed by atoms with E-state index < -0.39 is 0 Å². The molecule has 0 aromatic carbocycles. The van der Waals surface area contributed by atoms with Gasteiger partial charge in [0.25, 0.3) is 5.91 Å². The second kappa shape index (κ2) is 8.86. The van der Waals surface area contributed by atoms with Gasteiger partial charge >= 0.3 is 6.09 Å². The van der Waals surface area contributed by atoms with Gasteiger partial charge < -0.3 is 15.4 Å². The van der Waals surface area contributed by atoms with Gasteiger partial charge in [-0.05, 0) is 51.7 Å². The van der Waals surface area contributed by atoms with E-state index in [1.54, 1.807) is 6.07 Å². The summed E-state index contributed by atoms with van der Waals surface area (Å²) in [6, 6.07) is 5.54. The van der Waals surface area contributed by atoms with Crippen LogP contribution in [-0.4, -0.2) is 39.8 Å². The van der Waals surface area contributed by atoms with Crippen molar-refractivity contribution in [1.29, 1.82) is 0 Å². The summed E-state index contributed by atoms with van der Waals surface area (Å²) in [5.74, 6) is 0.517. The molecule has 1 fully saturated rings. The van der Waals surface area contributed by atoms with Gasteiger partial charge in [0, 0.05) is 29.4 Å². The Morgan fingerprint density at radius 2 is 2.11 bits per heavy atom. The Morgan fingerprint density at radius 3 is 2.86 bits per heavy atom. The number of ether oxygens (including phenoxy) is 1. The summed E-state index contributed by atoms with van der Waals surface area (Å²) in [4.78, 5) is 28.5. The van der Waals surface area contributed by atoms with Crippen LogP contribution in [0, 0.1) is 13.8 Å². The highest BCUT2D eigenvalue weighted by molar-refractivity contribution is 6.04. The zero-order chi connectivity index (χ0) is 20.1. The second-order valence-electron chi connectivity index (χ2n) is 7.24. The Morgan fingerprint density at radius 1 is 1.29 bits per heavy atom. The zero-order valence-electron chi connectivity index (χ0n) is 16.5. The fraction of sp³-hybridized carbons (Fsp3) is 0.500. The van der Waals surface area contributed by atoms with E-state index in [2.05, 4.69) is 25.8 Å². The average Bonchev–Trinajstić information content (AvgIpc) is 3.29. The first-order chi connectivity index (χ1) is 13.5. The van der Waals surface area contributed by atoms with Gasteiger partial charge in [-0.3, -0.25) is 14.9 Å². The molecule has 0 aliphatic heterocycles. The number of carbonyl (C=O) groups excluding carboxylic acids is 2. The van der Waals surface area contributed by atoms with Gasteiger partial charge in [0.15, 0.2) is 5.82 Å². The summed E-state index contributed by atoms with van der Waals surface area (Å²) in [5.41, 5.74) is 3.05. The van der Waals surface area contributed by atoms with Crippen molar-refractivity contribution in [3.05, 3.63) is 40.8 Å². The second-order valence-corrected chi connectivity index (χ2v) is 7.24. The number of rotatable bonds is 6. The van der Waals surface area contributed by atoms with E-state index in [4.69, 9.17) is 4.74 Å². The number of carbonyl (C=O) groups is 2. The van der Waals surface area contributed by atoms with Crippen LogP contribution in [0.5, 0.6) is 0 Å². The number of pyridine rings is 1. The van der Waals surface area contributed by atoms with Crippen LogP contribution in [0.4, 0.5) is 10.6 Å². The smallest absolute Gasteiger partial charge is 0.407 e. The molecule has 0 bridgehead atoms. The first kappa shape index (κ1) is 19.9. The van der Waals surface area contributed by atoms with Crippen molar-refractivity contribution >= 4 is 17.8 Å². The Kier molecular flexibility index (Phi) is 6.28. The van der Waals surface area contributed by atoms with E-state index in [1.165, 1.54) is 0 Å².